The summed E-state index contributed by atoms with van der Waals surface area (Å²) in [4.78, 5) is 2.41. The fourth-order valence-corrected chi connectivity index (χ4v) is 3.30. The quantitative estimate of drug-likeness (QED) is 0.857. The molecule has 1 aromatic heterocycles. The molecular formula is C16H16BrN3O. The number of rotatable bonds is 3. The Morgan fingerprint density at radius 2 is 1.81 bits per heavy atom. The van der Waals surface area contributed by atoms with Gasteiger partial charge in [-0.1, -0.05) is 28.1 Å². The Hall–Kier alpha value is -1.30. The second-order valence-electron chi connectivity index (χ2n) is 6.05. The topological polar surface area (TPSA) is 38.2 Å². The Morgan fingerprint density at radius 1 is 1.05 bits per heavy atom. The zero-order chi connectivity index (χ0) is 14.3. The van der Waals surface area contributed by atoms with E-state index in [1.54, 1.807) is 0 Å². The number of aromatic nitrogens is 2. The SMILES string of the molecule is Brc1ccc(-c2ccc(CN3CC4(COC4)C3)nn2)cc1. The molecule has 0 unspecified atom stereocenters. The Bertz CT molecular complexity index is 630. The monoisotopic (exact) mass is 345 g/mol. The van der Waals surface area contributed by atoms with Gasteiger partial charge in [0, 0.05) is 35.1 Å². The molecule has 3 heterocycles. The molecule has 0 aliphatic carbocycles. The van der Waals surface area contributed by atoms with Gasteiger partial charge in [-0.15, -0.1) is 0 Å². The summed E-state index contributed by atoms with van der Waals surface area (Å²) in [7, 11) is 0. The molecule has 2 aliphatic heterocycles. The van der Waals surface area contributed by atoms with Crippen molar-refractivity contribution in [1.82, 2.24) is 15.1 Å². The third kappa shape index (κ3) is 2.61. The maximum atomic E-state index is 5.29. The lowest BCUT2D eigenvalue weighted by Gasteiger charge is -2.55. The number of hydrogen-bond acceptors (Lipinski definition) is 4. The molecule has 2 fully saturated rings. The van der Waals surface area contributed by atoms with Crippen LogP contribution in [0.4, 0.5) is 0 Å². The van der Waals surface area contributed by atoms with E-state index in [1.807, 2.05) is 30.3 Å². The van der Waals surface area contributed by atoms with Gasteiger partial charge in [0.25, 0.3) is 0 Å². The molecule has 0 radical (unpaired) electrons. The summed E-state index contributed by atoms with van der Waals surface area (Å²) in [6, 6.07) is 12.3. The second kappa shape index (κ2) is 5.16. The number of nitrogens with zero attached hydrogens (tertiary/aromatic N) is 3. The molecule has 2 saturated heterocycles. The summed E-state index contributed by atoms with van der Waals surface area (Å²) >= 11 is 3.44. The van der Waals surface area contributed by atoms with Crippen molar-refractivity contribution in [2.24, 2.45) is 5.41 Å². The summed E-state index contributed by atoms with van der Waals surface area (Å²) in [5.74, 6) is 0. The molecule has 2 aromatic rings. The van der Waals surface area contributed by atoms with Crippen LogP contribution in [0.5, 0.6) is 0 Å². The van der Waals surface area contributed by atoms with Crippen molar-refractivity contribution in [3.05, 3.63) is 46.6 Å². The van der Waals surface area contributed by atoms with Crippen LogP contribution < -0.4 is 0 Å². The van der Waals surface area contributed by atoms with Crippen LogP contribution in [0.3, 0.4) is 0 Å². The van der Waals surface area contributed by atoms with Gasteiger partial charge < -0.3 is 4.74 Å². The average Bonchev–Trinajstić information content (AvgIpc) is 2.42. The van der Waals surface area contributed by atoms with Crippen molar-refractivity contribution in [2.75, 3.05) is 26.3 Å². The molecule has 0 amide bonds. The highest BCUT2D eigenvalue weighted by atomic mass is 79.9. The van der Waals surface area contributed by atoms with Gasteiger partial charge in [-0.2, -0.15) is 10.2 Å². The molecular weight excluding hydrogens is 330 g/mol. The van der Waals surface area contributed by atoms with E-state index in [0.717, 1.165) is 54.3 Å². The first-order chi connectivity index (χ1) is 10.2. The molecule has 0 N–H and O–H groups in total. The maximum Gasteiger partial charge on any atom is 0.0929 e. The maximum absolute atomic E-state index is 5.29. The van der Waals surface area contributed by atoms with Crippen LogP contribution in [-0.2, 0) is 11.3 Å². The van der Waals surface area contributed by atoms with Crippen molar-refractivity contribution >= 4 is 15.9 Å². The zero-order valence-corrected chi connectivity index (χ0v) is 13.2. The minimum absolute atomic E-state index is 0.463. The Balaban J connectivity index is 1.41. The molecule has 4 rings (SSSR count). The van der Waals surface area contributed by atoms with Gasteiger partial charge in [0.2, 0.25) is 0 Å². The fraction of sp³-hybridized carbons (Fsp3) is 0.375. The first kappa shape index (κ1) is 13.4. The summed E-state index contributed by atoms with van der Waals surface area (Å²) in [5.41, 5.74) is 3.50. The summed E-state index contributed by atoms with van der Waals surface area (Å²) < 4.78 is 6.37. The van der Waals surface area contributed by atoms with Crippen molar-refractivity contribution in [3.8, 4) is 11.3 Å². The van der Waals surface area contributed by atoms with Crippen LogP contribution in [0.25, 0.3) is 11.3 Å². The lowest BCUT2D eigenvalue weighted by Crippen LogP contribution is -2.65. The molecule has 2 aliphatic rings. The molecule has 21 heavy (non-hydrogen) atoms. The highest BCUT2D eigenvalue weighted by Crippen LogP contribution is 2.38. The third-order valence-corrected chi connectivity index (χ3v) is 4.71. The van der Waals surface area contributed by atoms with E-state index in [4.69, 9.17) is 4.74 Å². The minimum atomic E-state index is 0.463. The van der Waals surface area contributed by atoms with Crippen molar-refractivity contribution < 1.29 is 4.74 Å². The lowest BCUT2D eigenvalue weighted by atomic mass is 9.78. The van der Waals surface area contributed by atoms with Gasteiger partial charge in [-0.3, -0.25) is 4.90 Å². The molecule has 108 valence electrons. The Labute approximate surface area is 132 Å². The fourth-order valence-electron chi connectivity index (χ4n) is 3.04. The number of benzene rings is 1. The van der Waals surface area contributed by atoms with Crippen molar-refractivity contribution in [1.29, 1.82) is 0 Å². The van der Waals surface area contributed by atoms with Crippen LogP contribution in [0.2, 0.25) is 0 Å². The van der Waals surface area contributed by atoms with Gasteiger partial charge in [-0.05, 0) is 24.3 Å². The summed E-state index contributed by atoms with van der Waals surface area (Å²) in [6.07, 6.45) is 0. The summed E-state index contributed by atoms with van der Waals surface area (Å²) in [5, 5.41) is 8.70. The van der Waals surface area contributed by atoms with Crippen LogP contribution in [0.1, 0.15) is 5.69 Å². The third-order valence-electron chi connectivity index (χ3n) is 4.18. The highest BCUT2D eigenvalue weighted by Gasteiger charge is 2.48. The van der Waals surface area contributed by atoms with E-state index in [2.05, 4.69) is 37.1 Å². The van der Waals surface area contributed by atoms with E-state index in [1.165, 1.54) is 0 Å². The molecule has 0 saturated carbocycles. The van der Waals surface area contributed by atoms with Gasteiger partial charge in [0.05, 0.1) is 24.6 Å². The molecule has 5 heteroatoms. The van der Waals surface area contributed by atoms with Crippen molar-refractivity contribution in [2.45, 2.75) is 6.54 Å². The van der Waals surface area contributed by atoms with Crippen LogP contribution in [0.15, 0.2) is 40.9 Å². The summed E-state index contributed by atoms with van der Waals surface area (Å²) in [6.45, 7) is 5.00. The molecule has 1 spiro atoms. The van der Waals surface area contributed by atoms with E-state index >= 15 is 0 Å². The minimum Gasteiger partial charge on any atom is -0.380 e. The van der Waals surface area contributed by atoms with E-state index in [0.29, 0.717) is 5.41 Å². The van der Waals surface area contributed by atoms with E-state index in [9.17, 15) is 0 Å². The van der Waals surface area contributed by atoms with Gasteiger partial charge in [-0.25, -0.2) is 0 Å². The standard InChI is InChI=1S/C16H16BrN3O/c17-13-3-1-12(2-4-13)15-6-5-14(18-19-15)7-20-8-16(9-20)10-21-11-16/h1-6H,7-11H2. The molecule has 1 aromatic carbocycles. The zero-order valence-electron chi connectivity index (χ0n) is 11.6. The lowest BCUT2D eigenvalue weighted by molar-refractivity contribution is -0.191. The Kier molecular flexibility index (Phi) is 3.28. The molecule has 0 atom stereocenters. The number of hydrogen-bond donors (Lipinski definition) is 0. The molecule has 0 bridgehead atoms. The van der Waals surface area contributed by atoms with Gasteiger partial charge >= 0.3 is 0 Å². The number of halogens is 1. The first-order valence-electron chi connectivity index (χ1n) is 7.11. The Morgan fingerprint density at radius 3 is 2.38 bits per heavy atom. The smallest absolute Gasteiger partial charge is 0.0929 e. The van der Waals surface area contributed by atoms with Crippen molar-refractivity contribution in [3.63, 3.8) is 0 Å². The number of ether oxygens (including phenoxy) is 1. The molecule has 4 nitrogen and oxygen atoms in total. The second-order valence-corrected chi connectivity index (χ2v) is 6.97. The normalized spacial score (nSPS) is 20.0. The first-order valence-corrected chi connectivity index (χ1v) is 7.91. The highest BCUT2D eigenvalue weighted by molar-refractivity contribution is 9.10. The van der Waals surface area contributed by atoms with Crippen LogP contribution in [0, 0.1) is 5.41 Å². The van der Waals surface area contributed by atoms with Crippen LogP contribution >= 0.6 is 15.9 Å². The predicted molar refractivity (Wildman–Crippen MR) is 83.7 cm³/mol. The largest absolute Gasteiger partial charge is 0.380 e. The number of likely N-dealkylation sites (tertiary alicyclic amines) is 1. The van der Waals surface area contributed by atoms with E-state index < -0.39 is 0 Å². The average molecular weight is 346 g/mol. The van der Waals surface area contributed by atoms with Crippen LogP contribution in [-0.4, -0.2) is 41.4 Å². The van der Waals surface area contributed by atoms with Gasteiger partial charge in [0.1, 0.15) is 0 Å². The predicted octanol–water partition coefficient (Wildman–Crippen LogP) is 2.74. The van der Waals surface area contributed by atoms with Gasteiger partial charge in [0.15, 0.2) is 0 Å². The van der Waals surface area contributed by atoms with E-state index in [-0.39, 0.29) is 0 Å².